The summed E-state index contributed by atoms with van der Waals surface area (Å²) < 4.78 is 37.6. The quantitative estimate of drug-likeness (QED) is 0.652. The van der Waals surface area contributed by atoms with Crippen molar-refractivity contribution in [3.8, 4) is 0 Å². The summed E-state index contributed by atoms with van der Waals surface area (Å²) in [6.45, 7) is 1.76. The largest absolute Gasteiger partial charge is 0.433 e. The third-order valence-electron chi connectivity index (χ3n) is 2.22. The molecule has 0 aromatic carbocycles. The van der Waals surface area contributed by atoms with Crippen LogP contribution in [0.3, 0.4) is 0 Å². The third kappa shape index (κ3) is 4.56. The molecule has 0 aliphatic heterocycles. The summed E-state index contributed by atoms with van der Waals surface area (Å²) >= 11 is 1.93. The Balaban J connectivity index is 2.00. The van der Waals surface area contributed by atoms with Crippen molar-refractivity contribution in [3.05, 3.63) is 33.2 Å². The van der Waals surface area contributed by atoms with Crippen LogP contribution in [-0.4, -0.2) is 26.6 Å². The van der Waals surface area contributed by atoms with E-state index in [2.05, 4.69) is 20.3 Å². The predicted octanol–water partition coefficient (Wildman–Crippen LogP) is 2.28. The first-order chi connectivity index (χ1) is 10.2. The molecule has 118 valence electrons. The summed E-state index contributed by atoms with van der Waals surface area (Å²) in [6, 6.07) is 0.364. The van der Waals surface area contributed by atoms with E-state index in [4.69, 9.17) is 0 Å². The number of rotatable bonds is 4. The molecule has 22 heavy (non-hydrogen) atoms. The van der Waals surface area contributed by atoms with Gasteiger partial charge in [0.15, 0.2) is 16.0 Å². The molecule has 0 aliphatic rings. The molecule has 2 N–H and O–H groups in total. The number of aryl methyl sites for hydroxylation is 1. The van der Waals surface area contributed by atoms with Crippen molar-refractivity contribution >= 4 is 34.1 Å². The average molecular weight is 350 g/mol. The van der Waals surface area contributed by atoms with E-state index in [0.29, 0.717) is 23.0 Å². The van der Waals surface area contributed by atoms with Gasteiger partial charge in [0.25, 0.3) is 5.56 Å². The first kappa shape index (κ1) is 16.5. The summed E-state index contributed by atoms with van der Waals surface area (Å²) in [7, 11) is 0. The third-order valence-corrected chi connectivity index (χ3v) is 3.96. The number of H-pyrrole nitrogens is 1. The van der Waals surface area contributed by atoms with Crippen LogP contribution in [-0.2, 0) is 11.0 Å². The van der Waals surface area contributed by atoms with Gasteiger partial charge in [0, 0.05) is 11.4 Å². The molecule has 0 atom stereocenters. The van der Waals surface area contributed by atoms with Gasteiger partial charge in [-0.3, -0.25) is 9.59 Å². The maximum Gasteiger partial charge on any atom is 0.433 e. The molecule has 6 nitrogen and oxygen atoms in total. The summed E-state index contributed by atoms with van der Waals surface area (Å²) in [5, 5.41) is 4.37. The lowest BCUT2D eigenvalue weighted by Gasteiger charge is -2.06. The lowest BCUT2D eigenvalue weighted by atomic mass is 10.4. The summed E-state index contributed by atoms with van der Waals surface area (Å²) in [5.41, 5.74) is -1.48. The molecule has 2 aromatic heterocycles. The van der Waals surface area contributed by atoms with Gasteiger partial charge in [-0.25, -0.2) is 9.97 Å². The van der Waals surface area contributed by atoms with E-state index in [1.165, 1.54) is 11.3 Å². The minimum Gasteiger partial charge on any atom is -0.301 e. The average Bonchev–Trinajstić information content (AvgIpc) is 2.80. The maximum absolute atomic E-state index is 12.5. The zero-order valence-electron chi connectivity index (χ0n) is 11.0. The highest BCUT2D eigenvalue weighted by Gasteiger charge is 2.33. The highest BCUT2D eigenvalue weighted by atomic mass is 32.2. The molecule has 0 unspecified atom stereocenters. The maximum atomic E-state index is 12.5. The van der Waals surface area contributed by atoms with Crippen molar-refractivity contribution in [1.82, 2.24) is 15.0 Å². The van der Waals surface area contributed by atoms with E-state index in [1.807, 2.05) is 0 Å². The molecule has 2 heterocycles. The van der Waals surface area contributed by atoms with E-state index < -0.39 is 23.3 Å². The fourth-order valence-corrected chi connectivity index (χ4v) is 2.73. The molecule has 0 saturated heterocycles. The van der Waals surface area contributed by atoms with E-state index in [-0.39, 0.29) is 10.9 Å². The van der Waals surface area contributed by atoms with Gasteiger partial charge in [-0.1, -0.05) is 11.8 Å². The Morgan fingerprint density at radius 2 is 2.18 bits per heavy atom. The molecule has 0 saturated carbocycles. The summed E-state index contributed by atoms with van der Waals surface area (Å²) in [5.74, 6) is -0.664. The highest BCUT2D eigenvalue weighted by molar-refractivity contribution is 7.99. The van der Waals surface area contributed by atoms with Gasteiger partial charge in [0.2, 0.25) is 5.91 Å². The standard InChI is InChI=1S/C11H9F3N4O2S2/c1-5-3-21-9(15-5)18-8(20)4-22-10-16-6(11(12,13)14)2-7(19)17-10/h2-3H,4H2,1H3,(H,15,18,20)(H,16,17,19). The number of carbonyl (C=O) groups excluding carboxylic acids is 1. The van der Waals surface area contributed by atoms with Crippen LogP contribution in [0.25, 0.3) is 0 Å². The van der Waals surface area contributed by atoms with Crippen LogP contribution >= 0.6 is 23.1 Å². The number of aromatic nitrogens is 3. The molecule has 2 aromatic rings. The lowest BCUT2D eigenvalue weighted by Crippen LogP contribution is -2.18. The second kappa shape index (κ2) is 6.48. The summed E-state index contributed by atoms with van der Waals surface area (Å²) in [6.07, 6.45) is -4.72. The lowest BCUT2D eigenvalue weighted by molar-refractivity contribution is -0.141. The zero-order valence-corrected chi connectivity index (χ0v) is 12.7. The second-order valence-electron chi connectivity index (χ2n) is 4.06. The van der Waals surface area contributed by atoms with Gasteiger partial charge in [0.1, 0.15) is 0 Å². The van der Waals surface area contributed by atoms with Crippen molar-refractivity contribution in [2.75, 3.05) is 11.1 Å². The Morgan fingerprint density at radius 1 is 1.45 bits per heavy atom. The fraction of sp³-hybridized carbons (Fsp3) is 0.273. The number of nitrogens with one attached hydrogen (secondary N) is 2. The van der Waals surface area contributed by atoms with E-state index in [0.717, 1.165) is 5.69 Å². The summed E-state index contributed by atoms with van der Waals surface area (Å²) in [4.78, 5) is 32.3. The van der Waals surface area contributed by atoms with Gasteiger partial charge < -0.3 is 10.3 Å². The molecule has 2 rings (SSSR count). The molecule has 11 heteroatoms. The van der Waals surface area contributed by atoms with Crippen molar-refractivity contribution < 1.29 is 18.0 Å². The number of carbonyl (C=O) groups is 1. The molecule has 0 radical (unpaired) electrons. The van der Waals surface area contributed by atoms with Gasteiger partial charge in [-0.15, -0.1) is 11.3 Å². The van der Waals surface area contributed by atoms with Crippen LogP contribution in [0.2, 0.25) is 0 Å². The van der Waals surface area contributed by atoms with Crippen LogP contribution in [0.4, 0.5) is 18.3 Å². The molecule has 1 amide bonds. The Kier molecular flexibility index (Phi) is 4.86. The van der Waals surface area contributed by atoms with Crippen LogP contribution in [0.5, 0.6) is 0 Å². The number of anilines is 1. The highest BCUT2D eigenvalue weighted by Crippen LogP contribution is 2.27. The van der Waals surface area contributed by atoms with E-state index >= 15 is 0 Å². The molecule has 0 fully saturated rings. The van der Waals surface area contributed by atoms with Gasteiger partial charge in [-0.2, -0.15) is 13.2 Å². The Bertz CT molecular complexity index is 741. The predicted molar refractivity (Wildman–Crippen MR) is 76.1 cm³/mol. The zero-order chi connectivity index (χ0) is 16.3. The number of halogens is 3. The molecular formula is C11H9F3N4O2S2. The smallest absolute Gasteiger partial charge is 0.301 e. The molecular weight excluding hydrogens is 341 g/mol. The molecule has 0 aliphatic carbocycles. The monoisotopic (exact) mass is 350 g/mol. The fourth-order valence-electron chi connectivity index (χ4n) is 1.35. The van der Waals surface area contributed by atoms with Gasteiger partial charge >= 0.3 is 6.18 Å². The van der Waals surface area contributed by atoms with Crippen molar-refractivity contribution in [2.45, 2.75) is 18.3 Å². The number of nitrogens with zero attached hydrogens (tertiary/aromatic N) is 2. The number of amides is 1. The first-order valence-electron chi connectivity index (χ1n) is 5.77. The number of hydrogen-bond acceptors (Lipinski definition) is 6. The SMILES string of the molecule is Cc1csc(NC(=O)CSc2nc(C(F)(F)F)cc(=O)[nH]2)n1. The number of alkyl halides is 3. The topological polar surface area (TPSA) is 87.7 Å². The number of hydrogen-bond donors (Lipinski definition) is 2. The number of thiazole rings is 1. The van der Waals surface area contributed by atoms with Crippen molar-refractivity contribution in [3.63, 3.8) is 0 Å². The van der Waals surface area contributed by atoms with Crippen LogP contribution in [0, 0.1) is 6.92 Å². The molecule has 0 bridgehead atoms. The number of thioether (sulfide) groups is 1. The second-order valence-corrected chi connectivity index (χ2v) is 5.89. The van der Waals surface area contributed by atoms with Crippen LogP contribution in [0.1, 0.15) is 11.4 Å². The molecule has 0 spiro atoms. The minimum absolute atomic E-state index is 0.205. The minimum atomic E-state index is -4.72. The normalized spacial score (nSPS) is 11.5. The van der Waals surface area contributed by atoms with Crippen molar-refractivity contribution in [2.24, 2.45) is 0 Å². The van der Waals surface area contributed by atoms with Crippen LogP contribution < -0.4 is 10.9 Å². The Hall–Kier alpha value is -1.88. The van der Waals surface area contributed by atoms with Gasteiger partial charge in [0.05, 0.1) is 11.4 Å². The number of aromatic amines is 1. The van der Waals surface area contributed by atoms with E-state index in [1.54, 1.807) is 12.3 Å². The first-order valence-corrected chi connectivity index (χ1v) is 7.64. The van der Waals surface area contributed by atoms with E-state index in [9.17, 15) is 22.8 Å². The Labute approximate surface area is 130 Å². The van der Waals surface area contributed by atoms with Gasteiger partial charge in [-0.05, 0) is 6.92 Å². The van der Waals surface area contributed by atoms with Crippen LogP contribution in [0.15, 0.2) is 21.4 Å². The Morgan fingerprint density at radius 3 is 2.77 bits per heavy atom. The van der Waals surface area contributed by atoms with Crippen molar-refractivity contribution in [1.29, 1.82) is 0 Å².